The molecule has 2 aliphatic rings. The van der Waals surface area contributed by atoms with Gasteiger partial charge in [-0.25, -0.2) is 4.79 Å². The van der Waals surface area contributed by atoms with E-state index in [0.29, 0.717) is 18.7 Å². The first-order valence-electron chi connectivity index (χ1n) is 7.24. The number of carbonyl (C=O) groups excluding carboxylic acids is 1. The number of carbonyl (C=O) groups is 1. The summed E-state index contributed by atoms with van der Waals surface area (Å²) in [7, 11) is 1.39. The van der Waals surface area contributed by atoms with E-state index in [1.165, 1.54) is 7.11 Å². The van der Waals surface area contributed by atoms with Gasteiger partial charge < -0.3 is 14.5 Å². The highest BCUT2D eigenvalue weighted by Crippen LogP contribution is 2.36. The van der Waals surface area contributed by atoms with E-state index in [0.717, 1.165) is 30.5 Å². The molecule has 2 aliphatic heterocycles. The van der Waals surface area contributed by atoms with Crippen molar-refractivity contribution in [3.8, 4) is 6.07 Å². The number of likely N-dealkylation sites (tertiary alicyclic amines) is 1. The van der Waals surface area contributed by atoms with Gasteiger partial charge in [-0.05, 0) is 17.7 Å². The Morgan fingerprint density at radius 1 is 1.36 bits per heavy atom. The maximum atomic E-state index is 11.5. The molecule has 1 saturated heterocycles. The zero-order chi connectivity index (χ0) is 15.6. The highest BCUT2D eigenvalue weighted by molar-refractivity contribution is 6.01. The zero-order valence-corrected chi connectivity index (χ0v) is 12.4. The van der Waals surface area contributed by atoms with Crippen LogP contribution in [-0.2, 0) is 9.57 Å². The largest absolute Gasteiger partial charge is 0.453 e. The third-order valence-electron chi connectivity index (χ3n) is 4.29. The molecule has 0 radical (unpaired) electrons. The van der Waals surface area contributed by atoms with Crippen LogP contribution in [0.3, 0.4) is 0 Å². The average Bonchev–Trinajstić information content (AvgIpc) is 2.98. The van der Waals surface area contributed by atoms with Gasteiger partial charge in [-0.3, -0.25) is 0 Å². The maximum Gasteiger partial charge on any atom is 0.409 e. The highest BCUT2D eigenvalue weighted by atomic mass is 16.7. The molecule has 22 heavy (non-hydrogen) atoms. The first-order chi connectivity index (χ1) is 10.7. The number of nitrogens with zero attached hydrogens (tertiary/aromatic N) is 3. The minimum atomic E-state index is -0.312. The topological polar surface area (TPSA) is 74.9 Å². The fourth-order valence-electron chi connectivity index (χ4n) is 2.91. The number of nitriles is 1. The molecule has 114 valence electrons. The Kier molecular flexibility index (Phi) is 3.72. The summed E-state index contributed by atoms with van der Waals surface area (Å²) in [6.45, 7) is 1.23. The molecule has 0 aromatic heterocycles. The van der Waals surface area contributed by atoms with Crippen LogP contribution in [0.2, 0.25) is 0 Å². The Labute approximate surface area is 128 Å². The van der Waals surface area contributed by atoms with Crippen LogP contribution in [0.1, 0.15) is 30.4 Å². The molecule has 1 fully saturated rings. The third-order valence-corrected chi connectivity index (χ3v) is 4.29. The van der Waals surface area contributed by atoms with Crippen LogP contribution in [-0.4, -0.2) is 42.5 Å². The molecule has 0 N–H and O–H groups in total. The first-order valence-corrected chi connectivity index (χ1v) is 7.24. The number of hydrogen-bond donors (Lipinski definition) is 0. The molecule has 6 nitrogen and oxygen atoms in total. The standard InChI is InChI=1S/C16H17N3O3/c1-21-15(20)19-8-6-16(7-9-19)10-14(18-22-16)13-4-2-12(11-17)3-5-13/h2-5H,6-10H2,1H3. The van der Waals surface area contributed by atoms with E-state index in [1.54, 1.807) is 17.0 Å². The molecule has 3 rings (SSSR count). The van der Waals surface area contributed by atoms with Crippen molar-refractivity contribution in [2.45, 2.75) is 24.9 Å². The SMILES string of the molecule is COC(=O)N1CCC2(CC1)CC(c1ccc(C#N)cc1)=NO2. The molecule has 1 amide bonds. The molecule has 6 heteroatoms. The molecule has 0 saturated carbocycles. The van der Waals surface area contributed by atoms with Gasteiger partial charge in [0.15, 0.2) is 0 Å². The Morgan fingerprint density at radius 2 is 2.05 bits per heavy atom. The number of rotatable bonds is 1. The minimum absolute atomic E-state index is 0.291. The first kappa shape index (κ1) is 14.4. The number of methoxy groups -OCH3 is 1. The smallest absolute Gasteiger partial charge is 0.409 e. The van der Waals surface area contributed by atoms with Gasteiger partial charge in [0.05, 0.1) is 24.5 Å². The molecule has 0 bridgehead atoms. The Hall–Kier alpha value is -2.55. The van der Waals surface area contributed by atoms with Crippen molar-refractivity contribution in [1.29, 1.82) is 5.26 Å². The van der Waals surface area contributed by atoms with Crippen molar-refractivity contribution >= 4 is 11.8 Å². The summed E-state index contributed by atoms with van der Waals surface area (Å²) in [5.41, 5.74) is 2.19. The van der Waals surface area contributed by atoms with Crippen LogP contribution in [0, 0.1) is 11.3 Å². The van der Waals surface area contributed by atoms with Crippen LogP contribution in [0.4, 0.5) is 4.79 Å². The second kappa shape index (κ2) is 5.68. The van der Waals surface area contributed by atoms with Crippen LogP contribution in [0.15, 0.2) is 29.4 Å². The Balaban J connectivity index is 1.64. The van der Waals surface area contributed by atoms with Gasteiger partial charge in [-0.2, -0.15) is 5.26 Å². The van der Waals surface area contributed by atoms with Crippen LogP contribution in [0.25, 0.3) is 0 Å². The summed E-state index contributed by atoms with van der Waals surface area (Å²) < 4.78 is 4.74. The van der Waals surface area contributed by atoms with Crippen molar-refractivity contribution in [3.63, 3.8) is 0 Å². The summed E-state index contributed by atoms with van der Waals surface area (Å²) in [6, 6.07) is 9.45. The number of ether oxygens (including phenoxy) is 1. The van der Waals surface area contributed by atoms with Gasteiger partial charge in [-0.1, -0.05) is 17.3 Å². The average molecular weight is 299 g/mol. The van der Waals surface area contributed by atoms with Gasteiger partial charge in [0, 0.05) is 32.4 Å². The molecular formula is C16H17N3O3. The highest BCUT2D eigenvalue weighted by Gasteiger charge is 2.43. The van der Waals surface area contributed by atoms with E-state index in [-0.39, 0.29) is 11.7 Å². The summed E-state index contributed by atoms with van der Waals surface area (Å²) in [5, 5.41) is 13.1. The lowest BCUT2D eigenvalue weighted by atomic mass is 9.85. The zero-order valence-electron chi connectivity index (χ0n) is 12.4. The van der Waals surface area contributed by atoms with Crippen molar-refractivity contribution in [1.82, 2.24) is 4.90 Å². The van der Waals surface area contributed by atoms with Gasteiger partial charge >= 0.3 is 6.09 Å². The lowest BCUT2D eigenvalue weighted by Gasteiger charge is -2.36. The van der Waals surface area contributed by atoms with Gasteiger partial charge in [0.1, 0.15) is 5.60 Å². The molecule has 1 aromatic carbocycles. The number of oxime groups is 1. The molecule has 0 atom stereocenters. The van der Waals surface area contributed by atoms with E-state index in [2.05, 4.69) is 11.2 Å². The summed E-state index contributed by atoms with van der Waals surface area (Å²) in [5.74, 6) is 0. The summed E-state index contributed by atoms with van der Waals surface area (Å²) >= 11 is 0. The van der Waals surface area contributed by atoms with Crippen LogP contribution < -0.4 is 0 Å². The van der Waals surface area contributed by atoms with E-state index < -0.39 is 0 Å². The predicted molar refractivity (Wildman–Crippen MR) is 79.3 cm³/mol. The third kappa shape index (κ3) is 2.62. The monoisotopic (exact) mass is 299 g/mol. The number of amides is 1. The van der Waals surface area contributed by atoms with Crippen molar-refractivity contribution in [2.75, 3.05) is 20.2 Å². The van der Waals surface area contributed by atoms with Crippen LogP contribution in [0.5, 0.6) is 0 Å². The van der Waals surface area contributed by atoms with Crippen LogP contribution >= 0.6 is 0 Å². The summed E-state index contributed by atoms with van der Waals surface area (Å²) in [6.07, 6.45) is 1.92. The predicted octanol–water partition coefficient (Wildman–Crippen LogP) is 2.28. The summed E-state index contributed by atoms with van der Waals surface area (Å²) in [4.78, 5) is 18.9. The molecule has 1 spiro atoms. The maximum absolute atomic E-state index is 11.5. The quantitative estimate of drug-likeness (QED) is 0.797. The number of hydrogen-bond acceptors (Lipinski definition) is 5. The second-order valence-electron chi connectivity index (χ2n) is 5.64. The fraction of sp³-hybridized carbons (Fsp3) is 0.438. The van der Waals surface area contributed by atoms with E-state index in [1.807, 2.05) is 12.1 Å². The van der Waals surface area contributed by atoms with Gasteiger partial charge in [0.2, 0.25) is 0 Å². The molecular weight excluding hydrogens is 282 g/mol. The Bertz CT molecular complexity index is 638. The van der Waals surface area contributed by atoms with Gasteiger partial charge in [0.25, 0.3) is 0 Å². The lowest BCUT2D eigenvalue weighted by molar-refractivity contribution is -0.0584. The number of piperidine rings is 1. The van der Waals surface area contributed by atoms with E-state index in [4.69, 9.17) is 14.8 Å². The molecule has 2 heterocycles. The lowest BCUT2D eigenvalue weighted by Crippen LogP contribution is -2.46. The van der Waals surface area contributed by atoms with E-state index >= 15 is 0 Å². The second-order valence-corrected chi connectivity index (χ2v) is 5.64. The molecule has 1 aromatic rings. The Morgan fingerprint density at radius 3 is 2.64 bits per heavy atom. The van der Waals surface area contributed by atoms with Crippen molar-refractivity contribution in [2.24, 2.45) is 5.16 Å². The number of benzene rings is 1. The minimum Gasteiger partial charge on any atom is -0.453 e. The molecule has 0 unspecified atom stereocenters. The fourth-order valence-corrected chi connectivity index (χ4v) is 2.91. The van der Waals surface area contributed by atoms with Crippen molar-refractivity contribution < 1.29 is 14.4 Å². The van der Waals surface area contributed by atoms with Crippen molar-refractivity contribution in [3.05, 3.63) is 35.4 Å². The van der Waals surface area contributed by atoms with E-state index in [9.17, 15) is 4.79 Å². The molecule has 0 aliphatic carbocycles. The van der Waals surface area contributed by atoms with Gasteiger partial charge in [-0.15, -0.1) is 0 Å². The normalized spacial score (nSPS) is 19.3.